The summed E-state index contributed by atoms with van der Waals surface area (Å²) in [5, 5.41) is 1.16. The maximum atomic E-state index is 12.0. The van der Waals surface area contributed by atoms with Crippen LogP contribution in [0.25, 0.3) is 10.2 Å². The zero-order valence-electron chi connectivity index (χ0n) is 12.7. The van der Waals surface area contributed by atoms with Crippen molar-refractivity contribution in [3.63, 3.8) is 0 Å². The van der Waals surface area contributed by atoms with E-state index in [9.17, 15) is 4.79 Å². The van der Waals surface area contributed by atoms with Crippen LogP contribution in [0.1, 0.15) is 20.3 Å². The van der Waals surface area contributed by atoms with Gasteiger partial charge in [0.1, 0.15) is 0 Å². The average Bonchev–Trinajstić information content (AvgIpc) is 2.80. The number of aromatic nitrogens is 1. The van der Waals surface area contributed by atoms with Gasteiger partial charge in [-0.25, -0.2) is 0 Å². The third-order valence-electron chi connectivity index (χ3n) is 3.40. The van der Waals surface area contributed by atoms with Crippen LogP contribution in [0.2, 0.25) is 5.02 Å². The minimum absolute atomic E-state index is 0.0311. The summed E-state index contributed by atoms with van der Waals surface area (Å²) < 4.78 is 8.28. The molecule has 1 aromatic heterocycles. The predicted molar refractivity (Wildman–Crippen MR) is 97.2 cm³/mol. The molecule has 0 unspecified atom stereocenters. The summed E-state index contributed by atoms with van der Waals surface area (Å²) in [6, 6.07) is 5.51. The maximum absolute atomic E-state index is 12.0. The lowest BCUT2D eigenvalue weighted by molar-refractivity contribution is 0.240. The predicted octanol–water partition coefficient (Wildman–Crippen LogP) is 3.75. The van der Waals surface area contributed by atoms with Crippen molar-refractivity contribution >= 4 is 50.5 Å². The van der Waals surface area contributed by atoms with Gasteiger partial charge in [-0.15, -0.1) is 0 Å². The molecule has 0 aliphatic carbocycles. The Morgan fingerprint density at radius 1 is 1.41 bits per heavy atom. The van der Waals surface area contributed by atoms with E-state index >= 15 is 0 Å². The van der Waals surface area contributed by atoms with E-state index in [2.05, 4.69) is 0 Å². The number of thiazole rings is 1. The number of benzene rings is 1. The summed E-state index contributed by atoms with van der Waals surface area (Å²) in [6.07, 6.45) is 0.722. The largest absolute Gasteiger partial charge is 0.471 e. The average molecular weight is 359 g/mol. The Morgan fingerprint density at radius 2 is 2.14 bits per heavy atom. The quantitative estimate of drug-likeness (QED) is 0.582. The molecule has 0 atom stereocenters. The first-order valence-electron chi connectivity index (χ1n) is 7.27. The highest BCUT2D eigenvalue weighted by molar-refractivity contribution is 7.80. The van der Waals surface area contributed by atoms with Crippen molar-refractivity contribution in [2.24, 2.45) is 0 Å². The Morgan fingerprint density at radius 3 is 2.82 bits per heavy atom. The summed E-state index contributed by atoms with van der Waals surface area (Å²) in [5.74, 6) is 0. The lowest BCUT2D eigenvalue weighted by atomic mass is 10.3. The molecule has 0 radical (unpaired) electrons. The molecule has 0 bridgehead atoms. The van der Waals surface area contributed by atoms with Gasteiger partial charge in [0.05, 0.1) is 16.8 Å². The second kappa shape index (κ2) is 7.94. The molecule has 0 spiro atoms. The van der Waals surface area contributed by atoms with Crippen LogP contribution in [-0.4, -0.2) is 34.3 Å². The van der Waals surface area contributed by atoms with Crippen LogP contribution in [0.15, 0.2) is 23.0 Å². The zero-order chi connectivity index (χ0) is 16.1. The van der Waals surface area contributed by atoms with Gasteiger partial charge in [0.15, 0.2) is 0 Å². The van der Waals surface area contributed by atoms with Gasteiger partial charge in [0.2, 0.25) is 0 Å². The van der Waals surface area contributed by atoms with Crippen LogP contribution in [0, 0.1) is 0 Å². The minimum Gasteiger partial charge on any atom is -0.471 e. The van der Waals surface area contributed by atoms with E-state index in [0.717, 1.165) is 29.7 Å². The topological polar surface area (TPSA) is 34.5 Å². The highest BCUT2D eigenvalue weighted by Gasteiger charge is 2.09. The number of hydrogen-bond acceptors (Lipinski definition) is 4. The molecule has 0 amide bonds. The third kappa shape index (κ3) is 4.00. The summed E-state index contributed by atoms with van der Waals surface area (Å²) in [4.78, 5) is 14.1. The van der Waals surface area contributed by atoms with E-state index in [4.69, 9.17) is 28.6 Å². The van der Waals surface area contributed by atoms with Crippen LogP contribution >= 0.6 is 35.2 Å². The van der Waals surface area contributed by atoms with Crippen LogP contribution < -0.4 is 4.87 Å². The molecule has 0 saturated carbocycles. The second-order valence-corrected chi connectivity index (χ2v) is 6.55. The van der Waals surface area contributed by atoms with E-state index in [1.165, 1.54) is 11.3 Å². The molecule has 22 heavy (non-hydrogen) atoms. The number of nitrogens with zero attached hydrogens (tertiary/aromatic N) is 2. The molecule has 0 fully saturated rings. The van der Waals surface area contributed by atoms with Crippen molar-refractivity contribution < 1.29 is 4.74 Å². The van der Waals surface area contributed by atoms with E-state index in [1.54, 1.807) is 10.6 Å². The Hall–Kier alpha value is -1.11. The molecule has 2 rings (SSSR count). The molecular weight excluding hydrogens is 340 g/mol. The molecule has 0 N–H and O–H groups in total. The third-order valence-corrected chi connectivity index (χ3v) is 4.97. The van der Waals surface area contributed by atoms with Gasteiger partial charge in [0.25, 0.3) is 5.17 Å². The summed E-state index contributed by atoms with van der Waals surface area (Å²) in [6.45, 7) is 6.85. The zero-order valence-corrected chi connectivity index (χ0v) is 15.1. The molecule has 2 aromatic rings. The number of ether oxygens (including phenoxy) is 1. The monoisotopic (exact) mass is 358 g/mol. The smallest absolute Gasteiger partial charge is 0.308 e. The lowest BCUT2D eigenvalue weighted by Gasteiger charge is -2.21. The minimum atomic E-state index is 0.0311. The van der Waals surface area contributed by atoms with Crippen LogP contribution in [0.3, 0.4) is 0 Å². The molecule has 1 aromatic carbocycles. The maximum Gasteiger partial charge on any atom is 0.308 e. The number of hydrogen-bond donors (Lipinski definition) is 0. The van der Waals surface area contributed by atoms with Gasteiger partial charge < -0.3 is 9.64 Å². The van der Waals surface area contributed by atoms with Crippen molar-refractivity contribution in [3.8, 4) is 0 Å². The van der Waals surface area contributed by atoms with Gasteiger partial charge in [-0.1, -0.05) is 22.9 Å². The molecule has 0 aliphatic heterocycles. The highest BCUT2D eigenvalue weighted by atomic mass is 35.5. The fraction of sp³-hybridized carbons (Fsp3) is 0.467. The van der Waals surface area contributed by atoms with Crippen molar-refractivity contribution in [2.45, 2.75) is 26.8 Å². The molecule has 1 heterocycles. The number of fused-ring (bicyclic) bond motifs is 1. The number of halogens is 1. The second-order valence-electron chi connectivity index (χ2n) is 4.77. The Kier molecular flexibility index (Phi) is 6.23. The van der Waals surface area contributed by atoms with Gasteiger partial charge in [-0.2, -0.15) is 0 Å². The van der Waals surface area contributed by atoms with Gasteiger partial charge >= 0.3 is 4.87 Å². The van der Waals surface area contributed by atoms with E-state index < -0.39 is 0 Å². The van der Waals surface area contributed by atoms with Crippen molar-refractivity contribution in [2.75, 3.05) is 19.7 Å². The van der Waals surface area contributed by atoms with Crippen LogP contribution in [-0.2, 0) is 11.3 Å². The Balaban J connectivity index is 1.95. The van der Waals surface area contributed by atoms with E-state index in [-0.39, 0.29) is 4.87 Å². The highest BCUT2D eigenvalue weighted by Crippen LogP contribution is 2.21. The lowest BCUT2D eigenvalue weighted by Crippen LogP contribution is -2.31. The van der Waals surface area contributed by atoms with E-state index in [1.807, 2.05) is 30.9 Å². The molecule has 120 valence electrons. The van der Waals surface area contributed by atoms with Gasteiger partial charge in [-0.05, 0) is 50.7 Å². The van der Waals surface area contributed by atoms with Crippen LogP contribution in [0.4, 0.5) is 0 Å². The number of rotatable bonds is 6. The summed E-state index contributed by atoms with van der Waals surface area (Å²) in [7, 11) is 0. The first-order chi connectivity index (χ1) is 10.6. The van der Waals surface area contributed by atoms with Crippen molar-refractivity contribution in [1.29, 1.82) is 0 Å². The molecule has 7 heteroatoms. The molecule has 0 aliphatic rings. The fourth-order valence-corrected chi connectivity index (χ4v) is 3.61. The summed E-state index contributed by atoms with van der Waals surface area (Å²) >= 11 is 12.5. The first kappa shape index (κ1) is 17.2. The number of thiocarbonyl (C=S) groups is 1. The molecular formula is C15H19ClN2O2S2. The van der Waals surface area contributed by atoms with Crippen LogP contribution in [0.5, 0.6) is 0 Å². The summed E-state index contributed by atoms with van der Waals surface area (Å²) in [5.41, 5.74) is 0.883. The molecule has 4 nitrogen and oxygen atoms in total. The fourth-order valence-electron chi connectivity index (χ4n) is 2.20. The normalized spacial score (nSPS) is 10.9. The Labute approximate surface area is 144 Å². The first-order valence-corrected chi connectivity index (χ1v) is 8.87. The molecule has 0 saturated heterocycles. The van der Waals surface area contributed by atoms with Crippen molar-refractivity contribution in [1.82, 2.24) is 9.47 Å². The van der Waals surface area contributed by atoms with Gasteiger partial charge in [-0.3, -0.25) is 9.36 Å². The standard InChI is InChI=1S/C15H19ClN2O2S2/c1-3-17(4-2)15(21)20-9-5-8-18-12-10-11(16)6-7-13(12)22-14(18)19/h6-7,10H,3-5,8-9H2,1-2H3. The van der Waals surface area contributed by atoms with Gasteiger partial charge in [0, 0.05) is 24.7 Å². The van der Waals surface area contributed by atoms with E-state index in [0.29, 0.717) is 23.3 Å². The SMILES string of the molecule is CCN(CC)C(=S)OCCCn1c(=O)sc2ccc(Cl)cc21. The Bertz CT molecular complexity index is 707. The number of aryl methyl sites for hydroxylation is 1. The van der Waals surface area contributed by atoms with Crippen molar-refractivity contribution in [3.05, 3.63) is 32.9 Å².